The van der Waals surface area contributed by atoms with Crippen LogP contribution in [0, 0.1) is 6.92 Å². The molecule has 1 aliphatic rings. The van der Waals surface area contributed by atoms with Gasteiger partial charge in [0.25, 0.3) is 0 Å². The van der Waals surface area contributed by atoms with Gasteiger partial charge in [0.1, 0.15) is 0 Å². The SMILES string of the molecule is CCSc1nnc2c(n1)O[C@@H](c1ccccc1)N(C(C)=O)c1ccc(C)cc1-2. The summed E-state index contributed by atoms with van der Waals surface area (Å²) in [7, 11) is 0. The monoisotopic (exact) mass is 392 g/mol. The lowest BCUT2D eigenvalue weighted by molar-refractivity contribution is -0.118. The topological polar surface area (TPSA) is 68.2 Å². The molecule has 28 heavy (non-hydrogen) atoms. The van der Waals surface area contributed by atoms with Gasteiger partial charge in [0.15, 0.2) is 5.69 Å². The van der Waals surface area contributed by atoms with Crippen LogP contribution < -0.4 is 9.64 Å². The van der Waals surface area contributed by atoms with Gasteiger partial charge >= 0.3 is 0 Å². The normalized spacial score (nSPS) is 15.2. The van der Waals surface area contributed by atoms with Crippen molar-refractivity contribution in [1.82, 2.24) is 15.2 Å². The van der Waals surface area contributed by atoms with Crippen molar-refractivity contribution in [2.24, 2.45) is 0 Å². The number of nitrogens with zero attached hydrogens (tertiary/aromatic N) is 4. The summed E-state index contributed by atoms with van der Waals surface area (Å²) in [5.41, 5.74) is 3.98. The number of carbonyl (C=O) groups is 1. The zero-order chi connectivity index (χ0) is 19.7. The fraction of sp³-hybridized carbons (Fsp3) is 0.238. The molecule has 0 aliphatic carbocycles. The van der Waals surface area contributed by atoms with Gasteiger partial charge < -0.3 is 4.74 Å². The van der Waals surface area contributed by atoms with E-state index in [4.69, 9.17) is 4.74 Å². The lowest BCUT2D eigenvalue weighted by atomic mass is 10.0. The van der Waals surface area contributed by atoms with Crippen LogP contribution in [0.2, 0.25) is 0 Å². The molecule has 0 radical (unpaired) electrons. The average molecular weight is 392 g/mol. The predicted octanol–water partition coefficient (Wildman–Crippen LogP) is 4.40. The maximum Gasteiger partial charge on any atom is 0.247 e. The van der Waals surface area contributed by atoms with E-state index in [1.807, 2.05) is 62.4 Å². The minimum atomic E-state index is -0.641. The standard InChI is InChI=1S/C21H20N4O2S/c1-4-28-21-22-19-18(23-24-21)16-12-13(2)10-11-17(16)25(14(3)26)20(27-19)15-8-6-5-7-9-15/h5-12,20H,4H2,1-3H3/t20-/m0/s1. The number of anilines is 1. The Kier molecular flexibility index (Phi) is 5.00. The van der Waals surface area contributed by atoms with Gasteiger partial charge in [-0.1, -0.05) is 60.6 Å². The highest BCUT2D eigenvalue weighted by molar-refractivity contribution is 7.99. The molecule has 1 aromatic heterocycles. The first-order valence-electron chi connectivity index (χ1n) is 9.08. The van der Waals surface area contributed by atoms with E-state index in [1.54, 1.807) is 4.90 Å². The predicted molar refractivity (Wildman–Crippen MR) is 109 cm³/mol. The second-order valence-electron chi connectivity index (χ2n) is 6.47. The summed E-state index contributed by atoms with van der Waals surface area (Å²) in [6, 6.07) is 15.6. The quantitative estimate of drug-likeness (QED) is 0.615. The maximum absolute atomic E-state index is 12.7. The number of aromatic nitrogens is 3. The minimum Gasteiger partial charge on any atom is -0.447 e. The summed E-state index contributed by atoms with van der Waals surface area (Å²) < 4.78 is 6.30. The third-order valence-electron chi connectivity index (χ3n) is 4.46. The molecule has 1 aliphatic heterocycles. The molecule has 6 nitrogen and oxygen atoms in total. The number of amides is 1. The molecule has 142 valence electrons. The minimum absolute atomic E-state index is 0.122. The largest absolute Gasteiger partial charge is 0.447 e. The molecule has 0 N–H and O–H groups in total. The summed E-state index contributed by atoms with van der Waals surface area (Å²) in [6.45, 7) is 5.57. The first-order valence-corrected chi connectivity index (χ1v) is 10.1. The molecule has 0 saturated heterocycles. The smallest absolute Gasteiger partial charge is 0.247 e. The van der Waals surface area contributed by atoms with Crippen molar-refractivity contribution in [3.63, 3.8) is 0 Å². The number of hydrogen-bond donors (Lipinski definition) is 0. The Hall–Kier alpha value is -2.93. The van der Waals surface area contributed by atoms with Gasteiger partial charge in [0, 0.05) is 18.1 Å². The summed E-state index contributed by atoms with van der Waals surface area (Å²) in [6.07, 6.45) is -0.641. The molecule has 0 unspecified atom stereocenters. The molecule has 0 spiro atoms. The van der Waals surface area contributed by atoms with E-state index in [0.29, 0.717) is 16.7 Å². The molecular formula is C21H20N4O2S. The van der Waals surface area contributed by atoms with E-state index in [-0.39, 0.29) is 5.91 Å². The molecule has 2 aromatic carbocycles. The molecule has 0 bridgehead atoms. The van der Waals surface area contributed by atoms with E-state index < -0.39 is 6.23 Å². The van der Waals surface area contributed by atoms with Gasteiger partial charge in [0.2, 0.25) is 23.2 Å². The van der Waals surface area contributed by atoms with E-state index in [9.17, 15) is 4.79 Å². The summed E-state index contributed by atoms with van der Waals surface area (Å²) in [5.74, 6) is 1.09. The lowest BCUT2D eigenvalue weighted by Crippen LogP contribution is -2.36. The maximum atomic E-state index is 12.7. The fourth-order valence-electron chi connectivity index (χ4n) is 3.24. The molecule has 4 rings (SSSR count). The van der Waals surface area contributed by atoms with Gasteiger partial charge in [-0.3, -0.25) is 9.69 Å². The van der Waals surface area contributed by atoms with Crippen molar-refractivity contribution >= 4 is 23.4 Å². The lowest BCUT2D eigenvalue weighted by Gasteiger charge is -2.30. The van der Waals surface area contributed by atoms with Crippen LogP contribution in [-0.2, 0) is 4.79 Å². The number of rotatable bonds is 3. The average Bonchev–Trinajstić information content (AvgIpc) is 2.83. The summed E-state index contributed by atoms with van der Waals surface area (Å²) in [4.78, 5) is 18.9. The second kappa shape index (κ2) is 7.59. The molecule has 7 heteroatoms. The number of thioether (sulfide) groups is 1. The zero-order valence-corrected chi connectivity index (χ0v) is 16.7. The summed E-state index contributed by atoms with van der Waals surface area (Å²) in [5, 5.41) is 9.20. The van der Waals surface area contributed by atoms with Crippen molar-refractivity contribution in [2.75, 3.05) is 10.7 Å². The highest BCUT2D eigenvalue weighted by atomic mass is 32.2. The Morgan fingerprint density at radius 2 is 1.96 bits per heavy atom. The Bertz CT molecular complexity index is 1030. The van der Waals surface area contributed by atoms with Crippen LogP contribution in [0.3, 0.4) is 0 Å². The van der Waals surface area contributed by atoms with Crippen LogP contribution in [0.1, 0.15) is 31.2 Å². The molecule has 0 saturated carbocycles. The highest BCUT2D eigenvalue weighted by Crippen LogP contribution is 2.43. The Balaban J connectivity index is 1.97. The molecule has 2 heterocycles. The number of carbonyl (C=O) groups excluding carboxylic acids is 1. The van der Waals surface area contributed by atoms with Gasteiger partial charge in [-0.2, -0.15) is 4.98 Å². The Morgan fingerprint density at radius 1 is 1.18 bits per heavy atom. The molecular weight excluding hydrogens is 372 g/mol. The van der Waals surface area contributed by atoms with Crippen LogP contribution in [0.15, 0.2) is 53.7 Å². The number of benzene rings is 2. The number of hydrogen-bond acceptors (Lipinski definition) is 6. The van der Waals surface area contributed by atoms with E-state index in [0.717, 1.165) is 28.1 Å². The zero-order valence-electron chi connectivity index (χ0n) is 15.9. The molecule has 1 atom stereocenters. The van der Waals surface area contributed by atoms with Crippen molar-refractivity contribution < 1.29 is 9.53 Å². The fourth-order valence-corrected chi connectivity index (χ4v) is 3.75. The van der Waals surface area contributed by atoms with Crippen molar-refractivity contribution in [1.29, 1.82) is 0 Å². The van der Waals surface area contributed by atoms with Gasteiger partial charge in [-0.15, -0.1) is 10.2 Å². The molecule has 3 aromatic rings. The molecule has 1 amide bonds. The third kappa shape index (κ3) is 3.33. The van der Waals surface area contributed by atoms with Gasteiger partial charge in [-0.25, -0.2) is 0 Å². The highest BCUT2D eigenvalue weighted by Gasteiger charge is 2.34. The van der Waals surface area contributed by atoms with E-state index in [1.165, 1.54) is 18.7 Å². The number of aryl methyl sites for hydroxylation is 1. The van der Waals surface area contributed by atoms with Crippen LogP contribution in [0.5, 0.6) is 5.88 Å². The van der Waals surface area contributed by atoms with Crippen LogP contribution in [0.25, 0.3) is 11.3 Å². The Labute approximate surface area is 168 Å². The van der Waals surface area contributed by atoms with Crippen molar-refractivity contribution in [3.05, 3.63) is 59.7 Å². The van der Waals surface area contributed by atoms with Gasteiger partial charge in [0.05, 0.1) is 5.69 Å². The van der Waals surface area contributed by atoms with Crippen LogP contribution in [-0.4, -0.2) is 26.8 Å². The third-order valence-corrected chi connectivity index (χ3v) is 5.18. The van der Waals surface area contributed by atoms with Crippen molar-refractivity contribution in [3.8, 4) is 17.1 Å². The van der Waals surface area contributed by atoms with Crippen LogP contribution >= 0.6 is 11.8 Å². The van der Waals surface area contributed by atoms with Crippen LogP contribution in [0.4, 0.5) is 5.69 Å². The first-order chi connectivity index (χ1) is 13.6. The van der Waals surface area contributed by atoms with E-state index >= 15 is 0 Å². The Morgan fingerprint density at radius 3 is 2.68 bits per heavy atom. The van der Waals surface area contributed by atoms with Crippen molar-refractivity contribution in [2.45, 2.75) is 32.2 Å². The molecule has 0 fully saturated rings. The summed E-state index contributed by atoms with van der Waals surface area (Å²) >= 11 is 1.50. The number of ether oxygens (including phenoxy) is 1. The van der Waals surface area contributed by atoms with Gasteiger partial charge in [-0.05, 0) is 24.8 Å². The first kappa shape index (κ1) is 18.4. The number of fused-ring (bicyclic) bond motifs is 3. The van der Waals surface area contributed by atoms with E-state index in [2.05, 4.69) is 15.2 Å². The second-order valence-corrected chi connectivity index (χ2v) is 7.70.